The molecule has 0 amide bonds. The SMILES string of the molecule is CCCCCCC(=O)C[C@@H](CC1=CC(O)=C(O)CC1C)C(=O)OCC(COC(=O)CCCCCC)OC(=O)CCCCCC. The van der Waals surface area contributed by atoms with E-state index in [1.807, 2.05) is 6.92 Å². The Morgan fingerprint density at radius 3 is 1.91 bits per heavy atom. The van der Waals surface area contributed by atoms with Gasteiger partial charge in [-0.3, -0.25) is 19.2 Å². The number of carbonyl (C=O) groups excluding carboxylic acids is 4. The van der Waals surface area contributed by atoms with E-state index < -0.39 is 29.9 Å². The number of hydrogen-bond donors (Lipinski definition) is 2. The Hall–Kier alpha value is -2.84. The average Bonchev–Trinajstić information content (AvgIpc) is 2.99. The minimum atomic E-state index is -0.959. The van der Waals surface area contributed by atoms with Gasteiger partial charge in [-0.05, 0) is 37.7 Å². The zero-order chi connectivity index (χ0) is 32.7. The number of hydrogen-bond acceptors (Lipinski definition) is 9. The standard InChI is InChI=1S/C35H58O9/c1-5-8-11-14-17-29(36)22-28(21-27-23-32(38)31(37)20-26(27)4)35(41)43-25-30(44-34(40)19-16-13-10-7-3)24-42-33(39)18-15-12-9-6-2/h23,26,28,30,37-38H,5-22,24-25H2,1-4H3/t26?,28-,30?/m1/s1. The highest BCUT2D eigenvalue weighted by molar-refractivity contribution is 5.84. The molecule has 252 valence electrons. The fourth-order valence-electron chi connectivity index (χ4n) is 5.14. The summed E-state index contributed by atoms with van der Waals surface area (Å²) >= 11 is 0. The van der Waals surface area contributed by atoms with Gasteiger partial charge in [0.25, 0.3) is 0 Å². The van der Waals surface area contributed by atoms with Crippen molar-refractivity contribution in [3.05, 3.63) is 23.2 Å². The van der Waals surface area contributed by atoms with Gasteiger partial charge in [-0.15, -0.1) is 0 Å². The van der Waals surface area contributed by atoms with E-state index in [1.165, 1.54) is 6.08 Å². The van der Waals surface area contributed by atoms with E-state index in [2.05, 4.69) is 20.8 Å². The minimum Gasteiger partial charge on any atom is -0.508 e. The molecule has 2 unspecified atom stereocenters. The van der Waals surface area contributed by atoms with Gasteiger partial charge in [0.15, 0.2) is 11.9 Å². The molecule has 1 aliphatic carbocycles. The lowest BCUT2D eigenvalue weighted by Gasteiger charge is -2.25. The maximum absolute atomic E-state index is 13.4. The molecule has 0 spiro atoms. The quantitative estimate of drug-likeness (QED) is 0.0587. The van der Waals surface area contributed by atoms with Gasteiger partial charge >= 0.3 is 17.9 Å². The van der Waals surface area contributed by atoms with Gasteiger partial charge in [-0.2, -0.15) is 0 Å². The minimum absolute atomic E-state index is 0.0138. The fraction of sp³-hybridized carbons (Fsp3) is 0.771. The molecule has 0 aliphatic heterocycles. The summed E-state index contributed by atoms with van der Waals surface area (Å²) in [5.74, 6) is -2.76. The summed E-state index contributed by atoms with van der Waals surface area (Å²) in [6.07, 6.45) is 13.0. The van der Waals surface area contributed by atoms with Crippen LogP contribution < -0.4 is 0 Å². The van der Waals surface area contributed by atoms with Crippen molar-refractivity contribution < 1.29 is 43.6 Å². The number of ether oxygens (including phenoxy) is 3. The smallest absolute Gasteiger partial charge is 0.309 e. The van der Waals surface area contributed by atoms with Gasteiger partial charge in [0.1, 0.15) is 24.8 Å². The van der Waals surface area contributed by atoms with Crippen molar-refractivity contribution >= 4 is 23.7 Å². The molecule has 0 aromatic rings. The second-order valence-electron chi connectivity index (χ2n) is 12.2. The van der Waals surface area contributed by atoms with Crippen molar-refractivity contribution in [2.24, 2.45) is 11.8 Å². The van der Waals surface area contributed by atoms with E-state index in [9.17, 15) is 29.4 Å². The Balaban J connectivity index is 2.92. The number of unbranched alkanes of at least 4 members (excludes halogenated alkanes) is 9. The van der Waals surface area contributed by atoms with E-state index >= 15 is 0 Å². The molecule has 0 radical (unpaired) electrons. The average molecular weight is 623 g/mol. The van der Waals surface area contributed by atoms with Crippen LogP contribution in [-0.4, -0.2) is 53.2 Å². The van der Waals surface area contributed by atoms with E-state index in [4.69, 9.17) is 14.2 Å². The Labute approximate surface area is 264 Å². The normalized spacial score (nSPS) is 16.2. The van der Waals surface area contributed by atoms with Crippen molar-refractivity contribution in [2.45, 2.75) is 149 Å². The summed E-state index contributed by atoms with van der Waals surface area (Å²) in [5.41, 5.74) is 0.744. The lowest BCUT2D eigenvalue weighted by atomic mass is 9.83. The van der Waals surface area contributed by atoms with Crippen molar-refractivity contribution in [3.63, 3.8) is 0 Å². The molecule has 0 aromatic heterocycles. The Bertz CT molecular complexity index is 936. The molecule has 9 heteroatoms. The third-order valence-electron chi connectivity index (χ3n) is 7.96. The molecule has 44 heavy (non-hydrogen) atoms. The van der Waals surface area contributed by atoms with Crippen molar-refractivity contribution in [1.82, 2.24) is 0 Å². The van der Waals surface area contributed by atoms with Gasteiger partial charge in [-0.1, -0.05) is 91.1 Å². The maximum Gasteiger partial charge on any atom is 0.309 e. The number of Topliss-reactive ketones (excluding diaryl/α,β-unsaturated/α-hetero) is 1. The third-order valence-corrected chi connectivity index (χ3v) is 7.96. The Morgan fingerprint density at radius 1 is 0.773 bits per heavy atom. The first-order valence-electron chi connectivity index (χ1n) is 17.0. The summed E-state index contributed by atoms with van der Waals surface area (Å²) in [4.78, 5) is 51.0. The number of rotatable bonds is 25. The molecule has 0 saturated heterocycles. The largest absolute Gasteiger partial charge is 0.508 e. The predicted molar refractivity (Wildman–Crippen MR) is 170 cm³/mol. The second-order valence-corrected chi connectivity index (χ2v) is 12.2. The summed E-state index contributed by atoms with van der Waals surface area (Å²) in [7, 11) is 0. The summed E-state index contributed by atoms with van der Waals surface area (Å²) in [5, 5.41) is 20.0. The van der Waals surface area contributed by atoms with E-state index in [-0.39, 0.29) is 68.5 Å². The second kappa shape index (κ2) is 23.5. The van der Waals surface area contributed by atoms with Crippen molar-refractivity contribution in [1.29, 1.82) is 0 Å². The van der Waals surface area contributed by atoms with Crippen molar-refractivity contribution in [3.8, 4) is 0 Å². The molecule has 9 nitrogen and oxygen atoms in total. The zero-order valence-electron chi connectivity index (χ0n) is 27.7. The molecule has 0 heterocycles. The zero-order valence-corrected chi connectivity index (χ0v) is 27.7. The molecule has 3 atom stereocenters. The molecular formula is C35H58O9. The number of aliphatic hydroxyl groups is 2. The fourth-order valence-corrected chi connectivity index (χ4v) is 5.14. The summed E-state index contributed by atoms with van der Waals surface area (Å²) in [6, 6.07) is 0. The van der Waals surface area contributed by atoms with E-state index in [0.717, 1.165) is 69.8 Å². The topological polar surface area (TPSA) is 136 Å². The molecule has 0 aromatic carbocycles. The molecule has 0 fully saturated rings. The predicted octanol–water partition coefficient (Wildman–Crippen LogP) is 8.16. The Kier molecular flexibility index (Phi) is 21.0. The van der Waals surface area contributed by atoms with Crippen LogP contribution >= 0.6 is 0 Å². The number of ketones is 1. The lowest BCUT2D eigenvalue weighted by Crippen LogP contribution is -2.33. The van der Waals surface area contributed by atoms with Gasteiger partial charge in [0.05, 0.1) is 5.92 Å². The number of carbonyl (C=O) groups is 4. The highest BCUT2D eigenvalue weighted by Crippen LogP contribution is 2.32. The summed E-state index contributed by atoms with van der Waals surface area (Å²) in [6.45, 7) is 7.64. The van der Waals surface area contributed by atoms with Crippen LogP contribution in [0.3, 0.4) is 0 Å². The Morgan fingerprint density at radius 2 is 1.32 bits per heavy atom. The van der Waals surface area contributed by atoms with E-state index in [1.54, 1.807) is 0 Å². The molecule has 1 rings (SSSR count). The number of aliphatic hydroxyl groups excluding tert-OH is 2. The van der Waals surface area contributed by atoms with Crippen molar-refractivity contribution in [2.75, 3.05) is 13.2 Å². The van der Waals surface area contributed by atoms with Crippen LogP contribution in [-0.2, 0) is 33.4 Å². The van der Waals surface area contributed by atoms with Gasteiger partial charge in [-0.25, -0.2) is 0 Å². The van der Waals surface area contributed by atoms with Crippen LogP contribution in [0, 0.1) is 11.8 Å². The summed E-state index contributed by atoms with van der Waals surface area (Å²) < 4.78 is 16.6. The highest BCUT2D eigenvalue weighted by atomic mass is 16.6. The first-order valence-corrected chi connectivity index (χ1v) is 17.0. The maximum atomic E-state index is 13.4. The van der Waals surface area contributed by atoms with Crippen LogP contribution in [0.5, 0.6) is 0 Å². The molecule has 0 saturated carbocycles. The molecular weight excluding hydrogens is 564 g/mol. The van der Waals surface area contributed by atoms with Gasteiger partial charge in [0.2, 0.25) is 0 Å². The lowest BCUT2D eigenvalue weighted by molar-refractivity contribution is -0.168. The van der Waals surface area contributed by atoms with Crippen LogP contribution in [0.4, 0.5) is 0 Å². The number of allylic oxidation sites excluding steroid dienone is 3. The van der Waals surface area contributed by atoms with Gasteiger partial charge in [0, 0.05) is 32.1 Å². The highest BCUT2D eigenvalue weighted by Gasteiger charge is 2.30. The number of esters is 3. The third kappa shape index (κ3) is 17.5. The molecule has 0 bridgehead atoms. The molecule has 1 aliphatic rings. The first kappa shape index (κ1) is 39.2. The van der Waals surface area contributed by atoms with Crippen LogP contribution in [0.25, 0.3) is 0 Å². The van der Waals surface area contributed by atoms with Gasteiger partial charge < -0.3 is 24.4 Å². The van der Waals surface area contributed by atoms with Crippen LogP contribution in [0.1, 0.15) is 143 Å². The first-order chi connectivity index (χ1) is 21.1. The monoisotopic (exact) mass is 622 g/mol. The van der Waals surface area contributed by atoms with E-state index in [0.29, 0.717) is 19.3 Å². The van der Waals surface area contributed by atoms with Crippen LogP contribution in [0.15, 0.2) is 23.2 Å². The van der Waals surface area contributed by atoms with Crippen LogP contribution in [0.2, 0.25) is 0 Å². The molecule has 2 N–H and O–H groups in total.